The van der Waals surface area contributed by atoms with Crippen LogP contribution in [0.2, 0.25) is 0 Å². The minimum Gasteiger partial charge on any atom is -0.481 e. The molecule has 0 saturated carbocycles. The molecule has 0 bridgehead atoms. The number of nitrogens with one attached hydrogen (secondary N) is 1. The van der Waals surface area contributed by atoms with Crippen LogP contribution in [0.5, 0.6) is 0 Å². The van der Waals surface area contributed by atoms with Gasteiger partial charge in [0.05, 0.1) is 17.6 Å². The quantitative estimate of drug-likeness (QED) is 0.482. The van der Waals surface area contributed by atoms with E-state index in [2.05, 4.69) is 14.9 Å². The summed E-state index contributed by atoms with van der Waals surface area (Å²) in [7, 11) is 1.58. The van der Waals surface area contributed by atoms with E-state index >= 15 is 0 Å². The molecule has 2 aromatic carbocycles. The van der Waals surface area contributed by atoms with Crippen molar-refractivity contribution in [1.29, 1.82) is 0 Å². The number of aliphatic carboxylic acids is 1. The fraction of sp³-hybridized carbons (Fsp3) is 0.292. The molecule has 2 amide bonds. The number of carbonyl (C=O) groups is 3. The number of ether oxygens (including phenoxy) is 1. The number of rotatable bonds is 9. The van der Waals surface area contributed by atoms with Crippen molar-refractivity contribution in [2.45, 2.75) is 31.3 Å². The molecule has 0 spiro atoms. The maximum absolute atomic E-state index is 12.9. The minimum atomic E-state index is -1.05. The third-order valence-corrected chi connectivity index (χ3v) is 6.40. The second kappa shape index (κ2) is 10.4. The maximum atomic E-state index is 12.9. The number of hydrogen-bond acceptors (Lipinski definition) is 7. The van der Waals surface area contributed by atoms with Crippen LogP contribution in [0.4, 0.5) is 4.79 Å². The standard InChI is InChI=1S/C24H24N4O5S/c1-28(13-15-12-25-27-34-15)23(31)21(10-11-22(29)30)26-24(32)33-14-20-18-8-4-2-6-16(18)17-7-3-5-9-19(17)20/h2-9,12,20-21H,10-11,13-14H2,1H3,(H,26,32)(H,29,30). The Labute approximate surface area is 200 Å². The lowest BCUT2D eigenvalue weighted by atomic mass is 9.98. The Morgan fingerprint density at radius 2 is 1.76 bits per heavy atom. The first-order valence-electron chi connectivity index (χ1n) is 10.8. The van der Waals surface area contributed by atoms with Gasteiger partial charge in [0, 0.05) is 19.4 Å². The first-order chi connectivity index (χ1) is 16.4. The van der Waals surface area contributed by atoms with E-state index in [9.17, 15) is 14.4 Å². The molecule has 0 aliphatic heterocycles. The van der Waals surface area contributed by atoms with Gasteiger partial charge in [-0.05, 0) is 40.2 Å². The molecule has 0 fully saturated rings. The number of alkyl carbamates (subject to hydrolysis) is 1. The summed E-state index contributed by atoms with van der Waals surface area (Å²) in [4.78, 5) is 38.9. The first kappa shape index (κ1) is 23.4. The van der Waals surface area contributed by atoms with E-state index in [1.54, 1.807) is 13.2 Å². The van der Waals surface area contributed by atoms with Gasteiger partial charge in [-0.3, -0.25) is 9.59 Å². The second-order valence-electron chi connectivity index (χ2n) is 8.03. The van der Waals surface area contributed by atoms with Gasteiger partial charge in [0.1, 0.15) is 12.6 Å². The monoisotopic (exact) mass is 480 g/mol. The highest BCUT2D eigenvalue weighted by Gasteiger charge is 2.30. The number of fused-ring (bicyclic) bond motifs is 3. The highest BCUT2D eigenvalue weighted by molar-refractivity contribution is 7.05. The highest BCUT2D eigenvalue weighted by atomic mass is 32.1. The Bertz CT molecular complexity index is 1140. The van der Waals surface area contributed by atoms with Gasteiger partial charge in [-0.2, -0.15) is 0 Å². The van der Waals surface area contributed by atoms with Crippen LogP contribution in [-0.2, 0) is 20.9 Å². The number of amides is 2. The Kier molecular flexibility index (Phi) is 7.17. The largest absolute Gasteiger partial charge is 0.481 e. The van der Waals surface area contributed by atoms with E-state index in [0.29, 0.717) is 0 Å². The zero-order valence-corrected chi connectivity index (χ0v) is 19.3. The van der Waals surface area contributed by atoms with Crippen LogP contribution in [0.1, 0.15) is 34.8 Å². The average molecular weight is 481 g/mol. The molecule has 1 heterocycles. The molecule has 2 N–H and O–H groups in total. The number of hydrogen-bond donors (Lipinski definition) is 2. The Morgan fingerprint density at radius 1 is 1.12 bits per heavy atom. The van der Waals surface area contributed by atoms with E-state index in [-0.39, 0.29) is 31.9 Å². The lowest BCUT2D eigenvalue weighted by Gasteiger charge is -2.24. The number of carbonyl (C=O) groups excluding carboxylic acids is 2. The normalized spacial score (nSPS) is 13.0. The fourth-order valence-corrected chi connectivity index (χ4v) is 4.69. The number of benzene rings is 2. The van der Waals surface area contributed by atoms with Gasteiger partial charge >= 0.3 is 12.1 Å². The van der Waals surface area contributed by atoms with Crippen molar-refractivity contribution in [2.24, 2.45) is 0 Å². The van der Waals surface area contributed by atoms with Gasteiger partial charge < -0.3 is 20.1 Å². The zero-order chi connectivity index (χ0) is 24.1. The third-order valence-electron chi connectivity index (χ3n) is 5.76. The molecule has 34 heavy (non-hydrogen) atoms. The van der Waals surface area contributed by atoms with Crippen LogP contribution in [0, 0.1) is 0 Å². The summed E-state index contributed by atoms with van der Waals surface area (Å²) >= 11 is 1.16. The molecule has 10 heteroatoms. The van der Waals surface area contributed by atoms with Crippen molar-refractivity contribution in [3.05, 3.63) is 70.7 Å². The Balaban J connectivity index is 1.41. The number of nitrogens with zero attached hydrogens (tertiary/aromatic N) is 3. The van der Waals surface area contributed by atoms with Crippen LogP contribution < -0.4 is 5.32 Å². The molecular formula is C24H24N4O5S. The van der Waals surface area contributed by atoms with Gasteiger partial charge in [-0.1, -0.05) is 53.0 Å². The first-order valence-corrected chi connectivity index (χ1v) is 11.6. The minimum absolute atomic E-state index is 0.0519. The number of carboxylic acid groups (broad SMARTS) is 1. The molecule has 0 radical (unpaired) electrons. The second-order valence-corrected chi connectivity index (χ2v) is 8.90. The SMILES string of the molecule is CN(Cc1cnns1)C(=O)C(CCC(=O)O)NC(=O)OCC1c2ccccc2-c2ccccc21. The van der Waals surface area contributed by atoms with Crippen LogP contribution in [0.3, 0.4) is 0 Å². The van der Waals surface area contributed by atoms with E-state index in [0.717, 1.165) is 38.7 Å². The van der Waals surface area contributed by atoms with Crippen LogP contribution in [-0.4, -0.2) is 57.3 Å². The molecule has 3 aromatic rings. The van der Waals surface area contributed by atoms with Gasteiger partial charge in [0.15, 0.2) is 0 Å². The molecule has 1 aliphatic carbocycles. The molecule has 0 saturated heterocycles. The lowest BCUT2D eigenvalue weighted by Crippen LogP contribution is -2.47. The summed E-state index contributed by atoms with van der Waals surface area (Å²) in [6.07, 6.45) is 0.470. The van der Waals surface area contributed by atoms with E-state index in [1.165, 1.54) is 4.90 Å². The fourth-order valence-electron chi connectivity index (χ4n) is 4.14. The molecule has 176 valence electrons. The van der Waals surface area contributed by atoms with Crippen molar-refractivity contribution in [1.82, 2.24) is 19.8 Å². The van der Waals surface area contributed by atoms with Crippen molar-refractivity contribution in [3.63, 3.8) is 0 Å². The number of aromatic nitrogens is 2. The summed E-state index contributed by atoms with van der Waals surface area (Å²) in [6, 6.07) is 14.9. The smallest absolute Gasteiger partial charge is 0.407 e. The van der Waals surface area contributed by atoms with E-state index < -0.39 is 24.0 Å². The van der Waals surface area contributed by atoms with Crippen molar-refractivity contribution in [3.8, 4) is 11.1 Å². The van der Waals surface area contributed by atoms with Crippen molar-refractivity contribution < 1.29 is 24.2 Å². The van der Waals surface area contributed by atoms with Gasteiger partial charge in [-0.15, -0.1) is 5.10 Å². The third kappa shape index (κ3) is 5.23. The molecule has 1 unspecified atom stereocenters. The molecule has 1 aromatic heterocycles. The van der Waals surface area contributed by atoms with Gasteiger partial charge in [0.2, 0.25) is 5.91 Å². The molecule has 9 nitrogen and oxygen atoms in total. The predicted molar refractivity (Wildman–Crippen MR) is 125 cm³/mol. The molecule has 1 atom stereocenters. The summed E-state index contributed by atoms with van der Waals surface area (Å²) < 4.78 is 9.29. The summed E-state index contributed by atoms with van der Waals surface area (Å²) in [5.74, 6) is -1.59. The summed E-state index contributed by atoms with van der Waals surface area (Å²) in [6.45, 7) is 0.356. The molecule has 1 aliphatic rings. The van der Waals surface area contributed by atoms with Crippen LogP contribution >= 0.6 is 11.5 Å². The van der Waals surface area contributed by atoms with Crippen LogP contribution in [0.15, 0.2) is 54.7 Å². The molecule has 4 rings (SSSR count). The predicted octanol–water partition coefficient (Wildman–Crippen LogP) is 3.27. The van der Waals surface area contributed by atoms with E-state index in [4.69, 9.17) is 9.84 Å². The van der Waals surface area contributed by atoms with Gasteiger partial charge in [-0.25, -0.2) is 4.79 Å². The Morgan fingerprint density at radius 3 is 2.35 bits per heavy atom. The number of carboxylic acids is 1. The number of likely N-dealkylation sites (N-methyl/N-ethyl adjacent to an activating group) is 1. The van der Waals surface area contributed by atoms with Crippen molar-refractivity contribution >= 4 is 29.5 Å². The van der Waals surface area contributed by atoms with E-state index in [1.807, 2.05) is 48.5 Å². The molecular weight excluding hydrogens is 456 g/mol. The summed E-state index contributed by atoms with van der Waals surface area (Å²) in [5, 5.41) is 15.4. The summed E-state index contributed by atoms with van der Waals surface area (Å²) in [5.41, 5.74) is 4.38. The van der Waals surface area contributed by atoms with Crippen LogP contribution in [0.25, 0.3) is 11.1 Å². The Hall–Kier alpha value is -3.79. The maximum Gasteiger partial charge on any atom is 0.407 e. The highest BCUT2D eigenvalue weighted by Crippen LogP contribution is 2.44. The average Bonchev–Trinajstić information content (AvgIpc) is 3.46. The zero-order valence-electron chi connectivity index (χ0n) is 18.5. The topological polar surface area (TPSA) is 122 Å². The van der Waals surface area contributed by atoms with Gasteiger partial charge in [0.25, 0.3) is 0 Å². The van der Waals surface area contributed by atoms with Crippen molar-refractivity contribution in [2.75, 3.05) is 13.7 Å². The lowest BCUT2D eigenvalue weighted by molar-refractivity contribution is -0.137.